The third-order valence-electron chi connectivity index (χ3n) is 2.85. The Bertz CT molecular complexity index is 362. The maximum absolute atomic E-state index is 10.1. The Balaban J connectivity index is 3.34. The minimum atomic E-state index is -0.860. The van der Waals surface area contributed by atoms with Gasteiger partial charge < -0.3 is 9.84 Å². The lowest BCUT2D eigenvalue weighted by Crippen LogP contribution is -2.18. The van der Waals surface area contributed by atoms with E-state index in [1.807, 2.05) is 13.0 Å². The molecule has 1 aromatic carbocycles. The van der Waals surface area contributed by atoms with Crippen molar-refractivity contribution in [1.29, 1.82) is 0 Å². The molecule has 0 saturated carbocycles. The van der Waals surface area contributed by atoms with Crippen molar-refractivity contribution in [2.24, 2.45) is 0 Å². The summed E-state index contributed by atoms with van der Waals surface area (Å²) in [6.45, 7) is 10.3. The highest BCUT2D eigenvalue weighted by molar-refractivity contribution is 5.48. The van der Waals surface area contributed by atoms with E-state index in [0.717, 1.165) is 23.3 Å². The molecule has 1 N–H and O–H groups in total. The van der Waals surface area contributed by atoms with Crippen LogP contribution in [-0.2, 0) is 12.0 Å². The van der Waals surface area contributed by atoms with Gasteiger partial charge in [-0.2, -0.15) is 0 Å². The topological polar surface area (TPSA) is 29.5 Å². The molecule has 0 heterocycles. The van der Waals surface area contributed by atoms with Crippen LogP contribution in [-0.4, -0.2) is 11.7 Å². The van der Waals surface area contributed by atoms with Crippen LogP contribution in [0.5, 0.6) is 5.75 Å². The molecule has 2 nitrogen and oxygen atoms in total. The van der Waals surface area contributed by atoms with Gasteiger partial charge in [0, 0.05) is 5.56 Å². The first kappa shape index (κ1) is 13.0. The molecule has 0 atom stereocenters. The summed E-state index contributed by atoms with van der Waals surface area (Å²) in [5, 5.41) is 10.1. The molecule has 0 radical (unpaired) electrons. The fraction of sp³-hybridized carbons (Fsp3) is 0.571. The van der Waals surface area contributed by atoms with E-state index in [2.05, 4.69) is 19.9 Å². The Morgan fingerprint density at radius 2 is 1.88 bits per heavy atom. The second-order valence-corrected chi connectivity index (χ2v) is 4.57. The predicted octanol–water partition coefficient (Wildman–Crippen LogP) is 3.18. The monoisotopic (exact) mass is 222 g/mol. The summed E-state index contributed by atoms with van der Waals surface area (Å²) in [5.41, 5.74) is 2.42. The average Bonchev–Trinajstić information content (AvgIpc) is 2.19. The molecule has 0 aliphatic heterocycles. The quantitative estimate of drug-likeness (QED) is 0.847. The molecular formula is C14H22O2. The van der Waals surface area contributed by atoms with Crippen molar-refractivity contribution in [2.75, 3.05) is 6.61 Å². The van der Waals surface area contributed by atoms with E-state index in [0.29, 0.717) is 6.61 Å². The number of hydrogen-bond donors (Lipinski definition) is 1. The third kappa shape index (κ3) is 2.56. The first-order chi connectivity index (χ1) is 7.41. The van der Waals surface area contributed by atoms with Crippen LogP contribution in [0.4, 0.5) is 0 Å². The Kier molecular flexibility index (Phi) is 3.98. The van der Waals surface area contributed by atoms with Crippen molar-refractivity contribution < 1.29 is 9.84 Å². The molecule has 0 bridgehead atoms. The van der Waals surface area contributed by atoms with E-state index in [-0.39, 0.29) is 0 Å². The van der Waals surface area contributed by atoms with Crippen LogP contribution in [0.25, 0.3) is 0 Å². The average molecular weight is 222 g/mol. The molecule has 90 valence electrons. The lowest BCUT2D eigenvalue weighted by Gasteiger charge is -2.24. The van der Waals surface area contributed by atoms with Crippen LogP contribution >= 0.6 is 0 Å². The first-order valence-corrected chi connectivity index (χ1v) is 5.89. The van der Waals surface area contributed by atoms with Gasteiger partial charge in [0.15, 0.2) is 0 Å². The van der Waals surface area contributed by atoms with Gasteiger partial charge in [-0.15, -0.1) is 0 Å². The minimum Gasteiger partial charge on any atom is -0.493 e. The molecule has 0 unspecified atom stereocenters. The van der Waals surface area contributed by atoms with Gasteiger partial charge in [0.25, 0.3) is 0 Å². The van der Waals surface area contributed by atoms with Crippen molar-refractivity contribution in [3.8, 4) is 5.75 Å². The van der Waals surface area contributed by atoms with Gasteiger partial charge in [-0.3, -0.25) is 0 Å². The molecule has 0 amide bonds. The largest absolute Gasteiger partial charge is 0.493 e. The van der Waals surface area contributed by atoms with Crippen LogP contribution < -0.4 is 4.74 Å². The molecule has 0 aromatic heterocycles. The highest BCUT2D eigenvalue weighted by Gasteiger charge is 2.23. The first-order valence-electron chi connectivity index (χ1n) is 5.89. The van der Waals surface area contributed by atoms with Gasteiger partial charge in [-0.25, -0.2) is 0 Å². The highest BCUT2D eigenvalue weighted by atomic mass is 16.5. The van der Waals surface area contributed by atoms with Crippen molar-refractivity contribution >= 4 is 0 Å². The second-order valence-electron chi connectivity index (χ2n) is 4.57. The summed E-state index contributed by atoms with van der Waals surface area (Å²) in [5.74, 6) is 0.842. The van der Waals surface area contributed by atoms with Crippen molar-refractivity contribution in [2.45, 2.75) is 46.6 Å². The number of aliphatic hydroxyl groups is 1. The van der Waals surface area contributed by atoms with E-state index in [1.165, 1.54) is 5.56 Å². The summed E-state index contributed by atoms with van der Waals surface area (Å²) in [4.78, 5) is 0. The van der Waals surface area contributed by atoms with Crippen molar-refractivity contribution in [3.05, 3.63) is 28.8 Å². The Morgan fingerprint density at radius 3 is 2.31 bits per heavy atom. The smallest absolute Gasteiger partial charge is 0.128 e. The Morgan fingerprint density at radius 1 is 1.25 bits per heavy atom. The third-order valence-corrected chi connectivity index (χ3v) is 2.85. The number of aryl methyl sites for hydroxylation is 1. The van der Waals surface area contributed by atoms with Gasteiger partial charge in [0.1, 0.15) is 5.75 Å². The molecular weight excluding hydrogens is 200 g/mol. The van der Waals surface area contributed by atoms with E-state index < -0.39 is 5.60 Å². The molecule has 0 saturated heterocycles. The van der Waals surface area contributed by atoms with Gasteiger partial charge in [-0.05, 0) is 45.2 Å². The maximum Gasteiger partial charge on any atom is 0.128 e. The summed E-state index contributed by atoms with van der Waals surface area (Å²) in [6.07, 6.45) is 0.984. The van der Waals surface area contributed by atoms with E-state index in [9.17, 15) is 5.11 Å². The molecule has 0 fully saturated rings. The van der Waals surface area contributed by atoms with Crippen LogP contribution in [0.15, 0.2) is 12.1 Å². The number of rotatable bonds is 4. The summed E-state index contributed by atoms with van der Waals surface area (Å²) in [7, 11) is 0. The van der Waals surface area contributed by atoms with Gasteiger partial charge >= 0.3 is 0 Å². The van der Waals surface area contributed by atoms with Gasteiger partial charge in [0.05, 0.1) is 12.2 Å². The van der Waals surface area contributed by atoms with E-state index in [1.54, 1.807) is 13.8 Å². The van der Waals surface area contributed by atoms with Crippen LogP contribution in [0.1, 0.15) is 44.4 Å². The molecule has 16 heavy (non-hydrogen) atoms. The molecule has 1 aromatic rings. The molecule has 0 spiro atoms. The SMILES string of the molecule is CCOc1c(C(C)(C)O)ccc(CC)c1C. The van der Waals surface area contributed by atoms with Crippen LogP contribution in [0, 0.1) is 6.92 Å². The van der Waals surface area contributed by atoms with Crippen molar-refractivity contribution in [3.63, 3.8) is 0 Å². The predicted molar refractivity (Wildman–Crippen MR) is 67.0 cm³/mol. The molecule has 1 rings (SSSR count). The summed E-state index contributed by atoms with van der Waals surface area (Å²) < 4.78 is 5.68. The zero-order valence-electron chi connectivity index (χ0n) is 10.9. The Hall–Kier alpha value is -1.02. The fourth-order valence-corrected chi connectivity index (χ4v) is 1.93. The summed E-state index contributed by atoms with van der Waals surface area (Å²) in [6, 6.07) is 4.04. The molecule has 0 aliphatic rings. The normalized spacial score (nSPS) is 11.6. The van der Waals surface area contributed by atoms with Gasteiger partial charge in [-0.1, -0.05) is 19.1 Å². The standard InChI is InChI=1S/C14H22O2/c1-6-11-8-9-12(14(4,5)15)13(10(11)3)16-7-2/h8-9,15H,6-7H2,1-5H3. The molecule has 2 heteroatoms. The lowest BCUT2D eigenvalue weighted by molar-refractivity contribution is 0.0748. The van der Waals surface area contributed by atoms with Crippen molar-refractivity contribution in [1.82, 2.24) is 0 Å². The zero-order valence-corrected chi connectivity index (χ0v) is 10.9. The van der Waals surface area contributed by atoms with E-state index >= 15 is 0 Å². The minimum absolute atomic E-state index is 0.622. The fourth-order valence-electron chi connectivity index (χ4n) is 1.93. The second kappa shape index (κ2) is 4.88. The lowest BCUT2D eigenvalue weighted by atomic mass is 9.92. The zero-order chi connectivity index (χ0) is 12.3. The number of hydrogen-bond acceptors (Lipinski definition) is 2. The highest BCUT2D eigenvalue weighted by Crippen LogP contribution is 2.34. The van der Waals surface area contributed by atoms with E-state index in [4.69, 9.17) is 4.74 Å². The van der Waals surface area contributed by atoms with Gasteiger partial charge in [0.2, 0.25) is 0 Å². The maximum atomic E-state index is 10.1. The molecule has 0 aliphatic carbocycles. The summed E-state index contributed by atoms with van der Waals surface area (Å²) >= 11 is 0. The number of benzene rings is 1. The Labute approximate surface area is 98.3 Å². The van der Waals surface area contributed by atoms with Crippen LogP contribution in [0.2, 0.25) is 0 Å². The van der Waals surface area contributed by atoms with Crippen LogP contribution in [0.3, 0.4) is 0 Å². The number of ether oxygens (including phenoxy) is 1.